The van der Waals surface area contributed by atoms with Gasteiger partial charge in [0.15, 0.2) is 22.9 Å². The third kappa shape index (κ3) is 4.57. The highest BCUT2D eigenvalue weighted by Gasteiger charge is 2.34. The summed E-state index contributed by atoms with van der Waals surface area (Å²) in [5.74, 6) is -2.29. The molecule has 0 heterocycles. The van der Waals surface area contributed by atoms with Gasteiger partial charge in [-0.2, -0.15) is 5.26 Å². The van der Waals surface area contributed by atoms with Crippen molar-refractivity contribution < 1.29 is 22.3 Å². The fraction of sp³-hybridized carbons (Fsp3) is 0.200. The molecule has 0 atom stereocenters. The van der Waals surface area contributed by atoms with Crippen LogP contribution in [-0.2, 0) is 0 Å². The van der Waals surface area contributed by atoms with Gasteiger partial charge in [0, 0.05) is 4.47 Å². The van der Waals surface area contributed by atoms with Crippen LogP contribution < -0.4 is 10.1 Å². The van der Waals surface area contributed by atoms with Gasteiger partial charge in [0.2, 0.25) is 0 Å². The largest absolute Gasteiger partial charge is 0.573 e. The van der Waals surface area contributed by atoms with Crippen LogP contribution in [0.3, 0.4) is 0 Å². The lowest BCUT2D eigenvalue weighted by molar-refractivity contribution is -0.275. The molecular formula is C10H6BrF4N3OS. The topological polar surface area (TPSA) is 57.4 Å². The molecule has 4 nitrogen and oxygen atoms in total. The highest BCUT2D eigenvalue weighted by atomic mass is 79.9. The van der Waals surface area contributed by atoms with Crippen LogP contribution in [0.25, 0.3) is 0 Å². The van der Waals surface area contributed by atoms with Crippen molar-refractivity contribution in [1.82, 2.24) is 5.32 Å². The fourth-order valence-electron chi connectivity index (χ4n) is 1.11. The maximum atomic E-state index is 13.5. The van der Waals surface area contributed by atoms with Crippen LogP contribution in [0.5, 0.6) is 5.75 Å². The number of alkyl halides is 3. The van der Waals surface area contributed by atoms with Crippen molar-refractivity contribution in [3.05, 3.63) is 22.4 Å². The average molecular weight is 372 g/mol. The average Bonchev–Trinajstić information content (AvgIpc) is 2.35. The first-order valence-corrected chi connectivity index (χ1v) is 6.81. The molecule has 0 aromatic heterocycles. The minimum atomic E-state index is -5.06. The van der Waals surface area contributed by atoms with Crippen molar-refractivity contribution in [2.24, 2.45) is 4.99 Å². The van der Waals surface area contributed by atoms with Gasteiger partial charge in [-0.05, 0) is 34.3 Å². The standard InChI is InChI=1S/C10H6BrF4N3OS/c1-20-9(17-4-16)18-7-5(11)2-3-6(12)8(7)19-10(13,14)15/h2-3H,1H3,(H,17,18). The zero-order valence-electron chi connectivity index (χ0n) is 9.76. The van der Waals surface area contributed by atoms with Crippen molar-refractivity contribution in [1.29, 1.82) is 5.26 Å². The molecule has 1 rings (SSSR count). The number of hydrogen-bond acceptors (Lipinski definition) is 4. The summed E-state index contributed by atoms with van der Waals surface area (Å²) >= 11 is 3.92. The zero-order valence-corrected chi connectivity index (χ0v) is 12.2. The SMILES string of the molecule is CSC(=Nc1c(Br)ccc(F)c1OC(F)(F)F)NC#N. The second-order valence-electron chi connectivity index (χ2n) is 3.11. The van der Waals surface area contributed by atoms with Gasteiger partial charge in [-0.25, -0.2) is 9.38 Å². The highest BCUT2D eigenvalue weighted by Crippen LogP contribution is 2.40. The molecular weight excluding hydrogens is 366 g/mol. The molecule has 1 aromatic rings. The van der Waals surface area contributed by atoms with E-state index in [1.165, 1.54) is 6.07 Å². The monoisotopic (exact) mass is 371 g/mol. The first kappa shape index (κ1) is 16.6. The Bertz CT molecular complexity index is 571. The number of nitrogens with zero attached hydrogens (tertiary/aromatic N) is 2. The van der Waals surface area contributed by atoms with Crippen LogP contribution in [0.4, 0.5) is 23.2 Å². The molecule has 0 spiro atoms. The number of aliphatic imine (C=N–C) groups is 1. The lowest BCUT2D eigenvalue weighted by Gasteiger charge is -2.13. The highest BCUT2D eigenvalue weighted by molar-refractivity contribution is 9.10. The molecule has 0 saturated heterocycles. The van der Waals surface area contributed by atoms with E-state index in [4.69, 9.17) is 5.26 Å². The van der Waals surface area contributed by atoms with E-state index in [1.54, 1.807) is 12.4 Å². The van der Waals surface area contributed by atoms with Crippen molar-refractivity contribution in [2.45, 2.75) is 6.36 Å². The number of amidine groups is 1. The van der Waals surface area contributed by atoms with Gasteiger partial charge >= 0.3 is 6.36 Å². The van der Waals surface area contributed by atoms with E-state index in [2.05, 4.69) is 31.0 Å². The Morgan fingerprint density at radius 2 is 2.15 bits per heavy atom. The molecule has 0 amide bonds. The van der Waals surface area contributed by atoms with E-state index in [-0.39, 0.29) is 9.64 Å². The Morgan fingerprint density at radius 3 is 2.65 bits per heavy atom. The van der Waals surface area contributed by atoms with Crippen molar-refractivity contribution in [3.8, 4) is 11.9 Å². The molecule has 20 heavy (non-hydrogen) atoms. The molecule has 0 unspecified atom stereocenters. The summed E-state index contributed by atoms with van der Waals surface area (Å²) in [4.78, 5) is 3.75. The Balaban J connectivity index is 3.37. The van der Waals surface area contributed by atoms with E-state index in [9.17, 15) is 17.6 Å². The summed E-state index contributed by atoms with van der Waals surface area (Å²) in [6.07, 6.45) is -1.95. The molecule has 0 saturated carbocycles. The Morgan fingerprint density at radius 1 is 1.50 bits per heavy atom. The van der Waals surface area contributed by atoms with Crippen molar-refractivity contribution in [3.63, 3.8) is 0 Å². The van der Waals surface area contributed by atoms with Crippen LogP contribution in [-0.4, -0.2) is 17.8 Å². The summed E-state index contributed by atoms with van der Waals surface area (Å²) < 4.78 is 54.0. The van der Waals surface area contributed by atoms with Gasteiger partial charge in [0.25, 0.3) is 0 Å². The Labute approximate surface area is 123 Å². The number of nitrogens with one attached hydrogen (secondary N) is 1. The first-order chi connectivity index (χ1) is 9.28. The van der Waals surface area contributed by atoms with E-state index in [0.29, 0.717) is 0 Å². The van der Waals surface area contributed by atoms with Crippen molar-refractivity contribution >= 4 is 38.5 Å². The minimum Gasteiger partial charge on any atom is -0.400 e. The number of ether oxygens (including phenoxy) is 1. The third-order valence-electron chi connectivity index (χ3n) is 1.82. The van der Waals surface area contributed by atoms with E-state index < -0.39 is 23.6 Å². The number of rotatable bonds is 2. The van der Waals surface area contributed by atoms with E-state index in [1.807, 2.05) is 0 Å². The number of nitriles is 1. The van der Waals surface area contributed by atoms with Gasteiger partial charge in [-0.15, -0.1) is 13.2 Å². The second kappa shape index (κ2) is 6.81. The maximum absolute atomic E-state index is 13.5. The molecule has 10 heteroatoms. The minimum absolute atomic E-state index is 0.00850. The molecule has 0 fully saturated rings. The Kier molecular flexibility index (Phi) is 5.64. The van der Waals surface area contributed by atoms with Crippen LogP contribution in [0.1, 0.15) is 0 Å². The van der Waals surface area contributed by atoms with E-state index >= 15 is 0 Å². The van der Waals surface area contributed by atoms with Gasteiger partial charge in [0.05, 0.1) is 0 Å². The zero-order chi connectivity index (χ0) is 15.3. The lowest BCUT2D eigenvalue weighted by atomic mass is 10.3. The summed E-state index contributed by atoms with van der Waals surface area (Å²) in [7, 11) is 0. The van der Waals surface area contributed by atoms with Crippen LogP contribution in [0.2, 0.25) is 0 Å². The molecule has 108 valence electrons. The predicted octanol–water partition coefficient (Wildman–Crippen LogP) is 3.91. The molecule has 0 radical (unpaired) electrons. The maximum Gasteiger partial charge on any atom is 0.573 e. The summed E-state index contributed by atoms with van der Waals surface area (Å²) in [6, 6.07) is 1.99. The molecule has 1 aromatic carbocycles. The number of benzene rings is 1. The van der Waals surface area contributed by atoms with Crippen molar-refractivity contribution in [2.75, 3.05) is 6.26 Å². The van der Waals surface area contributed by atoms with Gasteiger partial charge in [0.1, 0.15) is 5.69 Å². The van der Waals surface area contributed by atoms with Gasteiger partial charge < -0.3 is 4.74 Å². The molecule has 1 N–H and O–H groups in total. The number of halogens is 5. The molecule has 0 aliphatic heterocycles. The number of hydrogen-bond donors (Lipinski definition) is 1. The first-order valence-electron chi connectivity index (χ1n) is 4.80. The molecule has 0 aliphatic rings. The second-order valence-corrected chi connectivity index (χ2v) is 4.76. The van der Waals surface area contributed by atoms with Gasteiger partial charge in [-0.1, -0.05) is 11.8 Å². The van der Waals surface area contributed by atoms with Crippen LogP contribution >= 0.6 is 27.7 Å². The van der Waals surface area contributed by atoms with Gasteiger partial charge in [-0.3, -0.25) is 5.32 Å². The fourth-order valence-corrected chi connectivity index (χ4v) is 1.84. The van der Waals surface area contributed by atoms with Crippen LogP contribution in [0, 0.1) is 17.3 Å². The third-order valence-corrected chi connectivity index (χ3v) is 3.04. The normalized spacial score (nSPS) is 11.9. The summed E-state index contributed by atoms with van der Waals surface area (Å²) in [6.45, 7) is 0. The smallest absolute Gasteiger partial charge is 0.400 e. The summed E-state index contributed by atoms with van der Waals surface area (Å²) in [5, 5.41) is 10.6. The summed E-state index contributed by atoms with van der Waals surface area (Å²) in [5.41, 5.74) is -0.408. The predicted molar refractivity (Wildman–Crippen MR) is 70.1 cm³/mol. The van der Waals surface area contributed by atoms with Crippen LogP contribution in [0.15, 0.2) is 21.6 Å². The molecule has 0 aliphatic carbocycles. The number of thioether (sulfide) groups is 1. The Hall–Kier alpha value is -1.47. The molecule has 0 bridgehead atoms. The quantitative estimate of drug-likeness (QED) is 0.281. The van der Waals surface area contributed by atoms with E-state index in [0.717, 1.165) is 17.8 Å². The lowest BCUT2D eigenvalue weighted by Crippen LogP contribution is -2.18.